The predicted octanol–water partition coefficient (Wildman–Crippen LogP) is 0.852. The SMILES string of the molecule is O=C(Nc1ncc(C#CCCO)s1)c1ccn[nH]1. The highest BCUT2D eigenvalue weighted by Crippen LogP contribution is 2.17. The van der Waals surface area contributed by atoms with Crippen molar-refractivity contribution < 1.29 is 9.90 Å². The standard InChI is InChI=1S/C11H10N4O2S/c16-6-2-1-3-8-7-12-11(18-8)14-10(17)9-4-5-13-15-9/h4-5,7,16H,2,6H2,(H,13,15)(H,12,14,17). The maximum atomic E-state index is 11.7. The van der Waals surface area contributed by atoms with Crippen LogP contribution in [0, 0.1) is 11.8 Å². The van der Waals surface area contributed by atoms with Gasteiger partial charge >= 0.3 is 0 Å². The average Bonchev–Trinajstić information content (AvgIpc) is 3.00. The summed E-state index contributed by atoms with van der Waals surface area (Å²) in [6, 6.07) is 1.57. The molecular formula is C11H10N4O2S. The fraction of sp³-hybridized carbons (Fsp3) is 0.182. The van der Waals surface area contributed by atoms with E-state index >= 15 is 0 Å². The van der Waals surface area contributed by atoms with E-state index in [4.69, 9.17) is 5.11 Å². The van der Waals surface area contributed by atoms with E-state index in [0.717, 1.165) is 4.88 Å². The molecule has 7 heteroatoms. The number of carbonyl (C=O) groups is 1. The lowest BCUT2D eigenvalue weighted by Crippen LogP contribution is -2.11. The van der Waals surface area contributed by atoms with Gasteiger partial charge in [0.05, 0.1) is 17.7 Å². The summed E-state index contributed by atoms with van der Waals surface area (Å²) in [6.07, 6.45) is 3.51. The Kier molecular flexibility index (Phi) is 4.06. The van der Waals surface area contributed by atoms with E-state index in [1.54, 1.807) is 12.3 Å². The number of thiazole rings is 1. The molecule has 0 bridgehead atoms. The molecule has 6 nitrogen and oxygen atoms in total. The minimum absolute atomic E-state index is 0.0369. The molecule has 0 radical (unpaired) electrons. The van der Waals surface area contributed by atoms with Crippen LogP contribution in [0.1, 0.15) is 21.8 Å². The quantitative estimate of drug-likeness (QED) is 0.715. The Balaban J connectivity index is 1.99. The van der Waals surface area contributed by atoms with Crippen LogP contribution in [0.2, 0.25) is 0 Å². The monoisotopic (exact) mass is 262 g/mol. The number of anilines is 1. The van der Waals surface area contributed by atoms with E-state index in [1.807, 2.05) is 0 Å². The van der Waals surface area contributed by atoms with E-state index in [-0.39, 0.29) is 12.5 Å². The Hall–Kier alpha value is -2.17. The fourth-order valence-corrected chi connectivity index (χ4v) is 1.83. The third-order valence-electron chi connectivity index (χ3n) is 1.92. The molecule has 1 amide bonds. The van der Waals surface area contributed by atoms with Gasteiger partial charge in [0, 0.05) is 12.6 Å². The van der Waals surface area contributed by atoms with Crippen LogP contribution in [0.3, 0.4) is 0 Å². The molecule has 0 spiro atoms. The van der Waals surface area contributed by atoms with Gasteiger partial charge in [0.1, 0.15) is 5.69 Å². The molecule has 0 aliphatic heterocycles. The number of hydrogen-bond acceptors (Lipinski definition) is 5. The average molecular weight is 262 g/mol. The molecule has 2 aromatic rings. The number of nitrogens with one attached hydrogen (secondary N) is 2. The minimum Gasteiger partial charge on any atom is -0.395 e. The first-order chi connectivity index (χ1) is 8.79. The summed E-state index contributed by atoms with van der Waals surface area (Å²) >= 11 is 1.28. The van der Waals surface area contributed by atoms with Crippen molar-refractivity contribution in [1.82, 2.24) is 15.2 Å². The second kappa shape index (κ2) is 5.95. The molecular weight excluding hydrogens is 252 g/mol. The molecule has 2 rings (SSSR count). The first-order valence-corrected chi connectivity index (χ1v) is 5.97. The van der Waals surface area contributed by atoms with Gasteiger partial charge in [-0.05, 0) is 6.07 Å². The summed E-state index contributed by atoms with van der Waals surface area (Å²) in [5.41, 5.74) is 0.373. The Bertz CT molecular complexity index is 580. The van der Waals surface area contributed by atoms with Crippen LogP contribution in [-0.4, -0.2) is 32.8 Å². The number of aromatic nitrogens is 3. The second-order valence-corrected chi connectivity index (χ2v) is 4.26. The highest BCUT2D eigenvalue weighted by atomic mass is 32.1. The molecule has 2 aromatic heterocycles. The molecule has 2 heterocycles. The molecule has 3 N–H and O–H groups in total. The van der Waals surface area contributed by atoms with Gasteiger partial charge in [-0.15, -0.1) is 0 Å². The van der Waals surface area contributed by atoms with Gasteiger partial charge < -0.3 is 5.11 Å². The zero-order valence-corrected chi connectivity index (χ0v) is 10.1. The maximum Gasteiger partial charge on any atom is 0.275 e. The molecule has 0 saturated heterocycles. The van der Waals surface area contributed by atoms with E-state index in [9.17, 15) is 4.79 Å². The maximum absolute atomic E-state index is 11.7. The number of amides is 1. The van der Waals surface area contributed by atoms with Crippen molar-refractivity contribution in [2.45, 2.75) is 6.42 Å². The van der Waals surface area contributed by atoms with Gasteiger partial charge in [0.25, 0.3) is 5.91 Å². The molecule has 18 heavy (non-hydrogen) atoms. The second-order valence-electron chi connectivity index (χ2n) is 3.23. The molecule has 0 unspecified atom stereocenters. The van der Waals surface area contributed by atoms with E-state index in [2.05, 4.69) is 32.3 Å². The van der Waals surface area contributed by atoms with Crippen molar-refractivity contribution in [3.63, 3.8) is 0 Å². The van der Waals surface area contributed by atoms with Crippen molar-refractivity contribution in [2.75, 3.05) is 11.9 Å². The highest BCUT2D eigenvalue weighted by Gasteiger charge is 2.09. The van der Waals surface area contributed by atoms with Crippen LogP contribution < -0.4 is 5.32 Å². The Morgan fingerprint density at radius 3 is 3.22 bits per heavy atom. The molecule has 0 aliphatic rings. The molecule has 0 saturated carbocycles. The summed E-state index contributed by atoms with van der Waals surface area (Å²) in [4.78, 5) is 16.4. The van der Waals surface area contributed by atoms with E-state index < -0.39 is 0 Å². The molecule has 0 aromatic carbocycles. The van der Waals surface area contributed by atoms with Crippen LogP contribution in [0.25, 0.3) is 0 Å². The number of aromatic amines is 1. The van der Waals surface area contributed by atoms with Gasteiger partial charge in [0.15, 0.2) is 5.13 Å². The Labute approximate surface area is 107 Å². The Morgan fingerprint density at radius 1 is 1.61 bits per heavy atom. The lowest BCUT2D eigenvalue weighted by molar-refractivity contribution is 0.102. The smallest absolute Gasteiger partial charge is 0.275 e. The Morgan fingerprint density at radius 2 is 2.50 bits per heavy atom. The van der Waals surface area contributed by atoms with Gasteiger partial charge in [-0.3, -0.25) is 15.2 Å². The predicted molar refractivity (Wildman–Crippen MR) is 67.2 cm³/mol. The van der Waals surface area contributed by atoms with Crippen LogP contribution in [-0.2, 0) is 0 Å². The summed E-state index contributed by atoms with van der Waals surface area (Å²) in [7, 11) is 0. The number of nitrogens with zero attached hydrogens (tertiary/aromatic N) is 2. The number of rotatable bonds is 3. The van der Waals surface area contributed by atoms with Crippen molar-refractivity contribution in [3.8, 4) is 11.8 Å². The third kappa shape index (κ3) is 3.16. The third-order valence-corrected chi connectivity index (χ3v) is 2.75. The number of aliphatic hydroxyl groups excluding tert-OH is 1. The lowest BCUT2D eigenvalue weighted by atomic mass is 10.4. The zero-order chi connectivity index (χ0) is 12.8. The molecule has 92 valence electrons. The van der Waals surface area contributed by atoms with Gasteiger partial charge in [-0.25, -0.2) is 4.98 Å². The fourth-order valence-electron chi connectivity index (χ4n) is 1.14. The number of hydrogen-bond donors (Lipinski definition) is 3. The number of H-pyrrole nitrogens is 1. The molecule has 0 atom stereocenters. The van der Waals surface area contributed by atoms with E-state index in [0.29, 0.717) is 17.2 Å². The molecule has 0 aliphatic carbocycles. The van der Waals surface area contributed by atoms with Gasteiger partial charge in [-0.2, -0.15) is 5.10 Å². The van der Waals surface area contributed by atoms with Crippen molar-refractivity contribution in [2.24, 2.45) is 0 Å². The van der Waals surface area contributed by atoms with Crippen LogP contribution in [0.4, 0.5) is 5.13 Å². The van der Waals surface area contributed by atoms with Crippen molar-refractivity contribution in [3.05, 3.63) is 29.0 Å². The van der Waals surface area contributed by atoms with Crippen molar-refractivity contribution >= 4 is 22.4 Å². The topological polar surface area (TPSA) is 90.9 Å². The summed E-state index contributed by atoms with van der Waals surface area (Å²) in [5, 5.41) is 18.0. The molecule has 0 fully saturated rings. The minimum atomic E-state index is -0.295. The highest BCUT2D eigenvalue weighted by molar-refractivity contribution is 7.16. The first kappa shape index (κ1) is 12.3. The number of carbonyl (C=O) groups excluding carboxylic acids is 1. The normalized spacial score (nSPS) is 9.61. The first-order valence-electron chi connectivity index (χ1n) is 5.16. The van der Waals surface area contributed by atoms with Gasteiger partial charge in [-0.1, -0.05) is 23.2 Å². The van der Waals surface area contributed by atoms with Crippen LogP contribution in [0.5, 0.6) is 0 Å². The van der Waals surface area contributed by atoms with Gasteiger partial charge in [0.2, 0.25) is 0 Å². The summed E-state index contributed by atoms with van der Waals surface area (Å²) in [6.45, 7) is 0.0369. The summed E-state index contributed by atoms with van der Waals surface area (Å²) < 4.78 is 0. The largest absolute Gasteiger partial charge is 0.395 e. The summed E-state index contributed by atoms with van der Waals surface area (Å²) in [5.74, 6) is 5.34. The van der Waals surface area contributed by atoms with Crippen LogP contribution in [0.15, 0.2) is 18.5 Å². The van der Waals surface area contributed by atoms with Crippen molar-refractivity contribution in [1.29, 1.82) is 0 Å². The zero-order valence-electron chi connectivity index (χ0n) is 9.30. The number of aliphatic hydroxyl groups is 1. The van der Waals surface area contributed by atoms with Crippen LogP contribution >= 0.6 is 11.3 Å². The van der Waals surface area contributed by atoms with E-state index in [1.165, 1.54) is 17.5 Å². The lowest BCUT2D eigenvalue weighted by Gasteiger charge is -1.96.